The Morgan fingerprint density at radius 2 is 1.90 bits per heavy atom. The first kappa shape index (κ1) is 11.9. The van der Waals surface area contributed by atoms with Crippen LogP contribution in [-0.4, -0.2) is 16.4 Å². The molecule has 0 aromatic carbocycles. The van der Waals surface area contributed by atoms with Gasteiger partial charge in [0.05, 0.1) is 0 Å². The van der Waals surface area contributed by atoms with E-state index in [9.17, 15) is 14.9 Å². The van der Waals surface area contributed by atoms with E-state index < -0.39 is 16.4 Å². The maximum absolute atomic E-state index is 10.2. The second kappa shape index (κ2) is 3.36. The lowest BCUT2D eigenvalue weighted by atomic mass is 10.1. The summed E-state index contributed by atoms with van der Waals surface area (Å²) in [6.45, 7) is 2.32. The van der Waals surface area contributed by atoms with Crippen molar-refractivity contribution in [3.05, 3.63) is 10.1 Å². The van der Waals surface area contributed by atoms with Crippen LogP contribution in [0.3, 0.4) is 0 Å². The van der Waals surface area contributed by atoms with Crippen LogP contribution >= 0.6 is 12.4 Å². The smallest absolute Gasteiger partial charge is 0.294 e. The third-order valence-electron chi connectivity index (χ3n) is 1.06. The summed E-state index contributed by atoms with van der Waals surface area (Å²) < 4.78 is 0. The Hall–Kier alpha value is -0.840. The molecule has 0 bridgehead atoms. The summed E-state index contributed by atoms with van der Waals surface area (Å²) in [5.74, 6) is -0.924. The summed E-state index contributed by atoms with van der Waals surface area (Å²) in [6.07, 6.45) is 0. The van der Waals surface area contributed by atoms with E-state index in [0.717, 1.165) is 13.8 Å². The Bertz CT molecular complexity index is 141. The molecule has 0 saturated carbocycles. The molecule has 1 amide bonds. The Labute approximate surface area is 64.1 Å². The van der Waals surface area contributed by atoms with Gasteiger partial charge >= 0.3 is 0 Å². The summed E-state index contributed by atoms with van der Waals surface area (Å²) in [5.41, 5.74) is 3.05. The molecule has 0 aromatic rings. The van der Waals surface area contributed by atoms with E-state index in [4.69, 9.17) is 5.73 Å². The van der Waals surface area contributed by atoms with Crippen molar-refractivity contribution in [2.24, 2.45) is 5.73 Å². The molecule has 0 aliphatic rings. The minimum absolute atomic E-state index is 0. The van der Waals surface area contributed by atoms with Crippen LogP contribution in [0.25, 0.3) is 0 Å². The average Bonchev–Trinajstić information content (AvgIpc) is 1.65. The highest BCUT2D eigenvalue weighted by atomic mass is 35.5. The van der Waals surface area contributed by atoms with Crippen molar-refractivity contribution in [1.29, 1.82) is 0 Å². The molecule has 60 valence electrons. The second-order valence-electron chi connectivity index (χ2n) is 2.18. The van der Waals surface area contributed by atoms with Gasteiger partial charge in [-0.25, -0.2) is 0 Å². The number of hydrogen-bond acceptors (Lipinski definition) is 3. The summed E-state index contributed by atoms with van der Waals surface area (Å²) >= 11 is 0. The van der Waals surface area contributed by atoms with Crippen molar-refractivity contribution in [3.8, 4) is 0 Å². The zero-order valence-electron chi connectivity index (χ0n) is 5.66. The van der Waals surface area contributed by atoms with Gasteiger partial charge in [-0.15, -0.1) is 12.4 Å². The van der Waals surface area contributed by atoms with Crippen LogP contribution in [-0.2, 0) is 4.79 Å². The lowest BCUT2D eigenvalue weighted by Gasteiger charge is -2.08. The van der Waals surface area contributed by atoms with Crippen molar-refractivity contribution in [3.63, 3.8) is 0 Å². The molecule has 0 aromatic heterocycles. The zero-order valence-corrected chi connectivity index (χ0v) is 6.47. The molecule has 0 heterocycles. The molecule has 10 heavy (non-hydrogen) atoms. The predicted molar refractivity (Wildman–Crippen MR) is 37.5 cm³/mol. The van der Waals surface area contributed by atoms with Crippen LogP contribution in [0.4, 0.5) is 0 Å². The largest absolute Gasteiger partial charge is 0.363 e. The lowest BCUT2D eigenvalue weighted by molar-refractivity contribution is -0.542. The van der Waals surface area contributed by atoms with E-state index in [1.807, 2.05) is 0 Å². The fourth-order valence-electron chi connectivity index (χ4n) is 0.0900. The summed E-state index contributed by atoms with van der Waals surface area (Å²) in [5, 5.41) is 9.97. The molecular formula is C4H9ClN2O3. The number of nitrogens with two attached hydrogens (primary N) is 1. The van der Waals surface area contributed by atoms with Gasteiger partial charge in [0, 0.05) is 18.8 Å². The number of rotatable bonds is 2. The van der Waals surface area contributed by atoms with Crippen molar-refractivity contribution >= 4 is 18.3 Å². The number of halogens is 1. The number of carbonyl (C=O) groups is 1. The molecule has 0 spiro atoms. The normalized spacial score (nSPS) is 9.80. The van der Waals surface area contributed by atoms with E-state index in [1.165, 1.54) is 0 Å². The van der Waals surface area contributed by atoms with Gasteiger partial charge in [-0.3, -0.25) is 14.9 Å². The molecule has 0 rings (SSSR count). The van der Waals surface area contributed by atoms with E-state index in [0.29, 0.717) is 0 Å². The predicted octanol–water partition coefficient (Wildman–Crippen LogP) is -0.0512. The SMILES string of the molecule is CC(C)(C(N)=O)[N+](=O)[O-].Cl. The van der Waals surface area contributed by atoms with Crippen LogP contribution in [0.5, 0.6) is 0 Å². The molecule has 2 N–H and O–H groups in total. The Balaban J connectivity index is 0. The van der Waals surface area contributed by atoms with Crippen LogP contribution in [0.2, 0.25) is 0 Å². The fraction of sp³-hybridized carbons (Fsp3) is 0.750. The first-order chi connectivity index (χ1) is 3.89. The summed E-state index contributed by atoms with van der Waals surface area (Å²) in [6, 6.07) is 0. The molecule has 0 aliphatic heterocycles. The first-order valence-corrected chi connectivity index (χ1v) is 2.33. The maximum Gasteiger partial charge on any atom is 0.294 e. The van der Waals surface area contributed by atoms with Gasteiger partial charge in [0.2, 0.25) is 0 Å². The Morgan fingerprint density at radius 1 is 1.60 bits per heavy atom. The topological polar surface area (TPSA) is 86.2 Å². The lowest BCUT2D eigenvalue weighted by Crippen LogP contribution is -2.44. The highest BCUT2D eigenvalue weighted by Crippen LogP contribution is 2.04. The molecule has 0 radical (unpaired) electrons. The van der Waals surface area contributed by atoms with Crippen molar-refractivity contribution in [2.45, 2.75) is 19.4 Å². The molecule has 0 saturated heterocycles. The van der Waals surface area contributed by atoms with E-state index in [-0.39, 0.29) is 12.4 Å². The van der Waals surface area contributed by atoms with E-state index in [1.54, 1.807) is 0 Å². The van der Waals surface area contributed by atoms with Crippen LogP contribution in [0.1, 0.15) is 13.8 Å². The zero-order chi connectivity index (χ0) is 7.65. The number of nitrogens with zero attached hydrogens (tertiary/aromatic N) is 1. The van der Waals surface area contributed by atoms with Gasteiger partial charge in [-0.05, 0) is 0 Å². The Kier molecular flexibility index (Phi) is 4.00. The summed E-state index contributed by atoms with van der Waals surface area (Å²) in [4.78, 5) is 19.5. The number of carbonyl (C=O) groups excluding carboxylic acids is 1. The minimum Gasteiger partial charge on any atom is -0.363 e. The number of hydrogen-bond donors (Lipinski definition) is 1. The van der Waals surface area contributed by atoms with Gasteiger partial charge in [0.15, 0.2) is 0 Å². The van der Waals surface area contributed by atoms with Crippen LogP contribution in [0.15, 0.2) is 0 Å². The number of primary amides is 1. The third-order valence-corrected chi connectivity index (χ3v) is 1.06. The first-order valence-electron chi connectivity index (χ1n) is 2.33. The van der Waals surface area contributed by atoms with Gasteiger partial charge in [-0.2, -0.15) is 0 Å². The second-order valence-corrected chi connectivity index (χ2v) is 2.18. The van der Waals surface area contributed by atoms with Gasteiger partial charge in [-0.1, -0.05) is 0 Å². The monoisotopic (exact) mass is 168 g/mol. The highest BCUT2D eigenvalue weighted by molar-refractivity contribution is 5.85. The molecule has 0 fully saturated rings. The van der Waals surface area contributed by atoms with E-state index >= 15 is 0 Å². The van der Waals surface area contributed by atoms with E-state index in [2.05, 4.69) is 0 Å². The quantitative estimate of drug-likeness (QED) is 0.463. The Morgan fingerprint density at radius 3 is 1.90 bits per heavy atom. The number of amides is 1. The third kappa shape index (κ3) is 2.18. The van der Waals surface area contributed by atoms with Crippen molar-refractivity contribution in [2.75, 3.05) is 0 Å². The molecule has 0 unspecified atom stereocenters. The summed E-state index contributed by atoms with van der Waals surface area (Å²) in [7, 11) is 0. The molecule has 6 heteroatoms. The highest BCUT2D eigenvalue weighted by Gasteiger charge is 2.37. The standard InChI is InChI=1S/C4H8N2O3.ClH/c1-4(2,3(5)7)6(8)9;/h1-2H3,(H2,5,7);1H. The molecule has 0 atom stereocenters. The molecule has 5 nitrogen and oxygen atoms in total. The minimum atomic E-state index is -1.64. The van der Waals surface area contributed by atoms with Gasteiger partial charge in [0.1, 0.15) is 0 Å². The molecule has 0 aliphatic carbocycles. The van der Waals surface area contributed by atoms with Crippen molar-refractivity contribution < 1.29 is 9.72 Å². The van der Waals surface area contributed by atoms with Crippen LogP contribution in [0, 0.1) is 10.1 Å². The van der Waals surface area contributed by atoms with Gasteiger partial charge < -0.3 is 5.73 Å². The maximum atomic E-state index is 10.2. The van der Waals surface area contributed by atoms with Crippen molar-refractivity contribution in [1.82, 2.24) is 0 Å². The fourth-order valence-corrected chi connectivity index (χ4v) is 0.0900. The molecular weight excluding hydrogens is 160 g/mol. The average molecular weight is 169 g/mol. The number of nitro groups is 1. The van der Waals surface area contributed by atoms with Gasteiger partial charge in [0.25, 0.3) is 11.4 Å². The van der Waals surface area contributed by atoms with Crippen LogP contribution < -0.4 is 5.73 Å².